The van der Waals surface area contributed by atoms with E-state index in [-0.39, 0.29) is 24.2 Å². The molecule has 3 aromatic rings. The van der Waals surface area contributed by atoms with Gasteiger partial charge < -0.3 is 9.64 Å². The number of likely N-dealkylation sites (tertiary alicyclic amines) is 1. The Morgan fingerprint density at radius 2 is 2.21 bits per heavy atom. The molecule has 8 heteroatoms. The summed E-state index contributed by atoms with van der Waals surface area (Å²) in [5.74, 6) is 0.418. The average Bonchev–Trinajstić information content (AvgIpc) is 3.21. The highest BCUT2D eigenvalue weighted by Crippen LogP contribution is 2.27. The predicted molar refractivity (Wildman–Crippen MR) is 99.3 cm³/mol. The number of carbonyl (C=O) groups is 1. The topological polar surface area (TPSA) is 73.1 Å². The van der Waals surface area contributed by atoms with E-state index in [1.807, 2.05) is 4.90 Å². The first-order chi connectivity index (χ1) is 13.7. The quantitative estimate of drug-likeness (QED) is 0.679. The second kappa shape index (κ2) is 8.16. The Labute approximate surface area is 161 Å². The van der Waals surface area contributed by atoms with Gasteiger partial charge in [0.15, 0.2) is 0 Å². The van der Waals surface area contributed by atoms with Crippen LogP contribution < -0.4 is 4.74 Å². The molecule has 1 saturated heterocycles. The van der Waals surface area contributed by atoms with Gasteiger partial charge in [0.1, 0.15) is 18.1 Å². The molecule has 1 amide bonds. The number of piperidine rings is 1. The van der Waals surface area contributed by atoms with Crippen molar-refractivity contribution in [3.8, 4) is 11.6 Å². The Morgan fingerprint density at radius 3 is 3.04 bits per heavy atom. The number of nitrogens with zero attached hydrogens (tertiary/aromatic N) is 5. The van der Waals surface area contributed by atoms with E-state index in [4.69, 9.17) is 4.74 Å². The first-order valence-corrected chi connectivity index (χ1v) is 9.18. The van der Waals surface area contributed by atoms with Gasteiger partial charge in [-0.2, -0.15) is 5.10 Å². The summed E-state index contributed by atoms with van der Waals surface area (Å²) in [7, 11) is 0. The molecule has 1 aliphatic heterocycles. The molecule has 144 valence electrons. The monoisotopic (exact) mass is 381 g/mol. The van der Waals surface area contributed by atoms with Crippen LogP contribution in [0.5, 0.6) is 11.6 Å². The molecule has 0 unspecified atom stereocenters. The molecule has 0 aliphatic carbocycles. The summed E-state index contributed by atoms with van der Waals surface area (Å²) >= 11 is 0. The van der Waals surface area contributed by atoms with E-state index in [9.17, 15) is 9.18 Å². The lowest BCUT2D eigenvalue weighted by Gasteiger charge is -2.32. The van der Waals surface area contributed by atoms with Gasteiger partial charge in [0.25, 0.3) is 0 Å². The van der Waals surface area contributed by atoms with Gasteiger partial charge in [0.05, 0.1) is 11.9 Å². The summed E-state index contributed by atoms with van der Waals surface area (Å²) < 4.78 is 20.6. The zero-order valence-corrected chi connectivity index (χ0v) is 15.2. The van der Waals surface area contributed by atoms with Crippen LogP contribution in [0.25, 0.3) is 0 Å². The number of ether oxygens (including phenoxy) is 1. The summed E-state index contributed by atoms with van der Waals surface area (Å²) in [5.41, 5.74) is 0.769. The van der Waals surface area contributed by atoms with Crippen LogP contribution in [0, 0.1) is 5.82 Å². The SMILES string of the molecule is O=C(Cn1cccn1)N1CCC[C@H](c2cncc(Oc3cccc(F)c3)n2)C1. The zero-order chi connectivity index (χ0) is 19.3. The van der Waals surface area contributed by atoms with Crippen molar-refractivity contribution in [2.24, 2.45) is 0 Å². The summed E-state index contributed by atoms with van der Waals surface area (Å²) in [6, 6.07) is 7.68. The average molecular weight is 381 g/mol. The van der Waals surface area contributed by atoms with E-state index in [2.05, 4.69) is 15.1 Å². The molecule has 1 atom stereocenters. The number of carbonyl (C=O) groups excluding carboxylic acids is 1. The van der Waals surface area contributed by atoms with E-state index < -0.39 is 0 Å². The number of hydrogen-bond donors (Lipinski definition) is 0. The van der Waals surface area contributed by atoms with Crippen molar-refractivity contribution < 1.29 is 13.9 Å². The molecule has 0 bridgehead atoms. The fourth-order valence-electron chi connectivity index (χ4n) is 3.34. The van der Waals surface area contributed by atoms with E-state index in [1.165, 1.54) is 18.3 Å². The molecule has 7 nitrogen and oxygen atoms in total. The molecule has 1 aromatic carbocycles. The van der Waals surface area contributed by atoms with Crippen molar-refractivity contribution in [1.29, 1.82) is 0 Å². The molecule has 0 spiro atoms. The standard InChI is InChI=1S/C20H20FN5O2/c21-16-5-1-6-17(10-16)28-19-12-22-11-18(24-19)15-4-2-8-25(13-15)20(27)14-26-9-3-7-23-26/h1,3,5-7,9-12,15H,2,4,8,13-14H2/t15-/m0/s1. The highest BCUT2D eigenvalue weighted by molar-refractivity contribution is 5.76. The Kier molecular flexibility index (Phi) is 5.27. The first-order valence-electron chi connectivity index (χ1n) is 9.18. The number of benzene rings is 1. The van der Waals surface area contributed by atoms with Crippen LogP contribution in [-0.4, -0.2) is 43.6 Å². The van der Waals surface area contributed by atoms with Gasteiger partial charge in [0, 0.05) is 43.7 Å². The second-order valence-corrected chi connectivity index (χ2v) is 6.72. The lowest BCUT2D eigenvalue weighted by atomic mass is 9.95. The highest BCUT2D eigenvalue weighted by Gasteiger charge is 2.26. The van der Waals surface area contributed by atoms with Crippen molar-refractivity contribution in [2.75, 3.05) is 13.1 Å². The third-order valence-corrected chi connectivity index (χ3v) is 4.70. The number of hydrogen-bond acceptors (Lipinski definition) is 5. The summed E-state index contributed by atoms with van der Waals surface area (Å²) in [5, 5.41) is 4.09. The van der Waals surface area contributed by atoms with Gasteiger partial charge in [-0.05, 0) is 31.0 Å². The fraction of sp³-hybridized carbons (Fsp3) is 0.300. The molecule has 0 radical (unpaired) electrons. The van der Waals surface area contributed by atoms with E-state index in [0.717, 1.165) is 25.1 Å². The lowest BCUT2D eigenvalue weighted by Crippen LogP contribution is -2.41. The highest BCUT2D eigenvalue weighted by atomic mass is 19.1. The molecule has 1 aliphatic rings. The molecular formula is C20H20FN5O2. The normalized spacial score (nSPS) is 16.8. The van der Waals surface area contributed by atoms with Crippen molar-refractivity contribution >= 4 is 5.91 Å². The minimum absolute atomic E-state index is 0.0357. The Hall–Kier alpha value is -3.29. The van der Waals surface area contributed by atoms with Crippen LogP contribution in [0.3, 0.4) is 0 Å². The van der Waals surface area contributed by atoms with Gasteiger partial charge in [-0.3, -0.25) is 14.5 Å². The fourth-order valence-corrected chi connectivity index (χ4v) is 3.34. The first kappa shape index (κ1) is 18.1. The van der Waals surface area contributed by atoms with Crippen LogP contribution in [-0.2, 0) is 11.3 Å². The smallest absolute Gasteiger partial charge is 0.244 e. The Bertz CT molecular complexity index is 947. The molecule has 28 heavy (non-hydrogen) atoms. The van der Waals surface area contributed by atoms with E-state index in [0.29, 0.717) is 18.2 Å². The predicted octanol–water partition coefficient (Wildman–Crippen LogP) is 3.01. The van der Waals surface area contributed by atoms with Crippen LogP contribution in [0.4, 0.5) is 4.39 Å². The molecule has 1 fully saturated rings. The lowest BCUT2D eigenvalue weighted by molar-refractivity contribution is -0.133. The van der Waals surface area contributed by atoms with Crippen LogP contribution in [0.15, 0.2) is 55.1 Å². The van der Waals surface area contributed by atoms with Gasteiger partial charge in [0.2, 0.25) is 11.8 Å². The van der Waals surface area contributed by atoms with Gasteiger partial charge in [-0.15, -0.1) is 0 Å². The van der Waals surface area contributed by atoms with Crippen molar-refractivity contribution in [3.05, 3.63) is 66.6 Å². The Morgan fingerprint density at radius 1 is 1.29 bits per heavy atom. The number of aromatic nitrogens is 4. The number of amides is 1. The summed E-state index contributed by atoms with van der Waals surface area (Å²) in [4.78, 5) is 23.1. The minimum atomic E-state index is -0.375. The maximum atomic E-state index is 13.3. The maximum Gasteiger partial charge on any atom is 0.244 e. The maximum absolute atomic E-state index is 13.3. The molecule has 2 aromatic heterocycles. The largest absolute Gasteiger partial charge is 0.437 e. The summed E-state index contributed by atoms with van der Waals surface area (Å²) in [6.45, 7) is 1.54. The van der Waals surface area contributed by atoms with E-state index in [1.54, 1.807) is 41.5 Å². The van der Waals surface area contributed by atoms with E-state index >= 15 is 0 Å². The van der Waals surface area contributed by atoms with Crippen molar-refractivity contribution in [3.63, 3.8) is 0 Å². The van der Waals surface area contributed by atoms with Crippen LogP contribution in [0.1, 0.15) is 24.5 Å². The van der Waals surface area contributed by atoms with Crippen LogP contribution in [0.2, 0.25) is 0 Å². The van der Waals surface area contributed by atoms with Gasteiger partial charge in [-0.1, -0.05) is 6.07 Å². The number of halogens is 1. The Balaban J connectivity index is 1.44. The van der Waals surface area contributed by atoms with Gasteiger partial charge >= 0.3 is 0 Å². The summed E-state index contributed by atoms with van der Waals surface area (Å²) in [6.07, 6.45) is 8.45. The molecule has 0 saturated carbocycles. The third-order valence-electron chi connectivity index (χ3n) is 4.70. The second-order valence-electron chi connectivity index (χ2n) is 6.72. The zero-order valence-electron chi connectivity index (χ0n) is 15.2. The van der Waals surface area contributed by atoms with Gasteiger partial charge in [-0.25, -0.2) is 9.37 Å². The molecule has 0 N–H and O–H groups in total. The molecule has 3 heterocycles. The number of rotatable bonds is 5. The van der Waals surface area contributed by atoms with Crippen molar-refractivity contribution in [2.45, 2.75) is 25.3 Å². The molecule has 4 rings (SSSR count). The third kappa shape index (κ3) is 4.33. The molecular weight excluding hydrogens is 361 g/mol. The van der Waals surface area contributed by atoms with Crippen molar-refractivity contribution in [1.82, 2.24) is 24.6 Å². The van der Waals surface area contributed by atoms with Crippen LogP contribution >= 0.6 is 0 Å². The minimum Gasteiger partial charge on any atom is -0.437 e.